The van der Waals surface area contributed by atoms with Gasteiger partial charge in [-0.2, -0.15) is 0 Å². The zero-order chi connectivity index (χ0) is 10.5. The van der Waals surface area contributed by atoms with E-state index in [1.165, 1.54) is 5.56 Å². The van der Waals surface area contributed by atoms with Crippen LogP contribution in [0.1, 0.15) is 5.56 Å². The van der Waals surface area contributed by atoms with Crippen LogP contribution in [-0.2, 0) is 6.54 Å². The van der Waals surface area contributed by atoms with Crippen LogP contribution < -0.4 is 10.9 Å². The normalized spacial score (nSPS) is 9.93. The van der Waals surface area contributed by atoms with Crippen molar-refractivity contribution in [2.75, 3.05) is 5.01 Å². The number of nitrogens with zero attached hydrogens (tertiary/aromatic N) is 1. The highest BCUT2D eigenvalue weighted by molar-refractivity contribution is 5.44. The molecule has 0 saturated carbocycles. The lowest BCUT2D eigenvalue weighted by Crippen LogP contribution is -2.29. The zero-order valence-electron chi connectivity index (χ0n) is 8.51. The van der Waals surface area contributed by atoms with Crippen LogP contribution in [-0.4, -0.2) is 0 Å². The molecule has 2 heteroatoms. The van der Waals surface area contributed by atoms with Crippen LogP contribution in [0.2, 0.25) is 0 Å². The Bertz CT molecular complexity index is 397. The summed E-state index contributed by atoms with van der Waals surface area (Å²) < 4.78 is 0. The first-order valence-corrected chi connectivity index (χ1v) is 4.97. The van der Waals surface area contributed by atoms with Crippen LogP contribution in [0.4, 0.5) is 5.69 Å². The number of benzene rings is 2. The largest absolute Gasteiger partial charge is 0.307 e. The Balaban J connectivity index is 2.08. The van der Waals surface area contributed by atoms with Gasteiger partial charge in [0.25, 0.3) is 0 Å². The molecule has 0 heterocycles. The van der Waals surface area contributed by atoms with Gasteiger partial charge in [-0.1, -0.05) is 48.5 Å². The van der Waals surface area contributed by atoms with Crippen LogP contribution in [0.5, 0.6) is 0 Å². The zero-order valence-corrected chi connectivity index (χ0v) is 8.51. The third kappa shape index (κ3) is 2.58. The van der Waals surface area contributed by atoms with Crippen LogP contribution in [0.3, 0.4) is 0 Å². The minimum Gasteiger partial charge on any atom is -0.307 e. The van der Waals surface area contributed by atoms with E-state index in [0.717, 1.165) is 12.2 Å². The van der Waals surface area contributed by atoms with Crippen LogP contribution in [0.15, 0.2) is 60.7 Å². The molecule has 0 unspecified atom stereocenters. The Hall–Kier alpha value is -1.80. The number of hydrogen-bond donors (Lipinski definition) is 1. The lowest BCUT2D eigenvalue weighted by Gasteiger charge is -2.18. The van der Waals surface area contributed by atoms with Crippen LogP contribution in [0, 0.1) is 0 Å². The molecule has 0 atom stereocenters. The van der Waals surface area contributed by atoms with Crippen molar-refractivity contribution >= 4 is 5.69 Å². The first-order chi connectivity index (χ1) is 7.36. The van der Waals surface area contributed by atoms with Crippen molar-refractivity contribution in [2.45, 2.75) is 6.54 Å². The Morgan fingerprint density at radius 3 is 1.93 bits per heavy atom. The average Bonchev–Trinajstić information content (AvgIpc) is 2.31. The van der Waals surface area contributed by atoms with E-state index >= 15 is 0 Å². The third-order valence-electron chi connectivity index (χ3n) is 2.28. The quantitative estimate of drug-likeness (QED) is 0.606. The first kappa shape index (κ1) is 9.74. The molecule has 2 aromatic rings. The van der Waals surface area contributed by atoms with Gasteiger partial charge >= 0.3 is 0 Å². The van der Waals surface area contributed by atoms with Gasteiger partial charge in [-0.15, -0.1) is 0 Å². The Morgan fingerprint density at radius 1 is 0.800 bits per heavy atom. The van der Waals surface area contributed by atoms with Crippen molar-refractivity contribution in [1.82, 2.24) is 0 Å². The molecule has 0 aliphatic carbocycles. The lowest BCUT2D eigenvalue weighted by atomic mass is 10.2. The van der Waals surface area contributed by atoms with E-state index in [1.54, 1.807) is 5.01 Å². The Labute approximate surface area is 89.9 Å². The second kappa shape index (κ2) is 4.62. The molecular weight excluding hydrogens is 184 g/mol. The minimum atomic E-state index is 0.727. The SMILES string of the molecule is NN(Cc1ccccc1)c1ccccc1. The molecule has 0 spiro atoms. The van der Waals surface area contributed by atoms with Gasteiger partial charge in [0, 0.05) is 0 Å². The van der Waals surface area contributed by atoms with Gasteiger partial charge in [-0.3, -0.25) is 0 Å². The smallest absolute Gasteiger partial charge is 0.0592 e. The van der Waals surface area contributed by atoms with Crippen molar-refractivity contribution in [3.63, 3.8) is 0 Å². The van der Waals surface area contributed by atoms with E-state index in [4.69, 9.17) is 5.84 Å². The lowest BCUT2D eigenvalue weighted by molar-refractivity contribution is 0.853. The standard InChI is InChI=1S/C13H14N2/c14-15(13-9-5-2-6-10-13)11-12-7-3-1-4-8-12/h1-10H,11,14H2. The van der Waals surface area contributed by atoms with Crippen molar-refractivity contribution in [1.29, 1.82) is 0 Å². The number of hydrogen-bond acceptors (Lipinski definition) is 2. The van der Waals surface area contributed by atoms with Crippen molar-refractivity contribution < 1.29 is 0 Å². The summed E-state index contributed by atoms with van der Waals surface area (Å²) in [4.78, 5) is 0. The van der Waals surface area contributed by atoms with E-state index in [2.05, 4.69) is 12.1 Å². The van der Waals surface area contributed by atoms with E-state index in [9.17, 15) is 0 Å². The molecule has 2 nitrogen and oxygen atoms in total. The molecular formula is C13H14N2. The molecule has 2 aromatic carbocycles. The number of hydrazine groups is 1. The van der Waals surface area contributed by atoms with Gasteiger partial charge in [0.1, 0.15) is 0 Å². The van der Waals surface area contributed by atoms with Crippen molar-refractivity contribution in [3.8, 4) is 0 Å². The molecule has 0 aromatic heterocycles. The van der Waals surface area contributed by atoms with Crippen molar-refractivity contribution in [3.05, 3.63) is 66.2 Å². The molecule has 2 rings (SSSR count). The fourth-order valence-corrected chi connectivity index (χ4v) is 1.49. The van der Waals surface area contributed by atoms with E-state index < -0.39 is 0 Å². The highest BCUT2D eigenvalue weighted by Gasteiger charge is 2.00. The second-order valence-corrected chi connectivity index (χ2v) is 3.45. The van der Waals surface area contributed by atoms with Gasteiger partial charge < -0.3 is 5.01 Å². The number of rotatable bonds is 3. The maximum absolute atomic E-state index is 5.96. The molecule has 0 saturated heterocycles. The maximum Gasteiger partial charge on any atom is 0.0592 e. The van der Waals surface area contributed by atoms with Gasteiger partial charge in [0.15, 0.2) is 0 Å². The summed E-state index contributed by atoms with van der Waals surface area (Å²) in [6.07, 6.45) is 0. The monoisotopic (exact) mass is 198 g/mol. The maximum atomic E-state index is 5.96. The first-order valence-electron chi connectivity index (χ1n) is 4.97. The Kier molecular flexibility index (Phi) is 3.00. The molecule has 2 N–H and O–H groups in total. The topological polar surface area (TPSA) is 29.3 Å². The van der Waals surface area contributed by atoms with Crippen LogP contribution >= 0.6 is 0 Å². The van der Waals surface area contributed by atoms with Gasteiger partial charge in [-0.05, 0) is 17.7 Å². The summed E-state index contributed by atoms with van der Waals surface area (Å²) in [5.74, 6) is 5.96. The summed E-state index contributed by atoms with van der Waals surface area (Å²) in [5, 5.41) is 1.75. The predicted molar refractivity (Wildman–Crippen MR) is 63.3 cm³/mol. The number of para-hydroxylation sites is 1. The Morgan fingerprint density at radius 2 is 1.33 bits per heavy atom. The van der Waals surface area contributed by atoms with Gasteiger partial charge in [-0.25, -0.2) is 5.84 Å². The molecule has 0 aliphatic heterocycles. The van der Waals surface area contributed by atoms with E-state index in [0.29, 0.717) is 0 Å². The van der Waals surface area contributed by atoms with E-state index in [1.807, 2.05) is 48.5 Å². The highest BCUT2D eigenvalue weighted by atomic mass is 15.4. The van der Waals surface area contributed by atoms with Crippen LogP contribution in [0.25, 0.3) is 0 Å². The van der Waals surface area contributed by atoms with Crippen molar-refractivity contribution in [2.24, 2.45) is 5.84 Å². The molecule has 0 bridgehead atoms. The van der Waals surface area contributed by atoms with E-state index in [-0.39, 0.29) is 0 Å². The molecule has 0 radical (unpaired) electrons. The second-order valence-electron chi connectivity index (χ2n) is 3.45. The minimum absolute atomic E-state index is 0.727. The fraction of sp³-hybridized carbons (Fsp3) is 0.0769. The molecule has 0 aliphatic rings. The average molecular weight is 198 g/mol. The highest BCUT2D eigenvalue weighted by Crippen LogP contribution is 2.12. The fourth-order valence-electron chi connectivity index (χ4n) is 1.49. The summed E-state index contributed by atoms with van der Waals surface area (Å²) in [5.41, 5.74) is 2.24. The number of anilines is 1. The summed E-state index contributed by atoms with van der Waals surface area (Å²) in [7, 11) is 0. The molecule has 76 valence electrons. The third-order valence-corrected chi connectivity index (χ3v) is 2.28. The summed E-state index contributed by atoms with van der Waals surface area (Å²) in [6.45, 7) is 0.727. The summed E-state index contributed by atoms with van der Waals surface area (Å²) >= 11 is 0. The number of nitrogens with two attached hydrogens (primary N) is 1. The molecule has 0 amide bonds. The summed E-state index contributed by atoms with van der Waals surface area (Å²) in [6, 6.07) is 20.2. The van der Waals surface area contributed by atoms with Gasteiger partial charge in [0.2, 0.25) is 0 Å². The molecule has 15 heavy (non-hydrogen) atoms. The predicted octanol–water partition coefficient (Wildman–Crippen LogP) is 2.57. The molecule has 0 fully saturated rings. The van der Waals surface area contributed by atoms with Gasteiger partial charge in [0.05, 0.1) is 12.2 Å².